The maximum Gasteiger partial charge on any atom is 0.410 e. The van der Waals surface area contributed by atoms with Crippen LogP contribution in [0.15, 0.2) is 35.1 Å². The number of carbonyl (C=O) groups is 1. The number of hydrogen-bond donors (Lipinski definition) is 1. The molecule has 0 atom stereocenters. The third-order valence-electron chi connectivity index (χ3n) is 5.18. The number of pyridine rings is 2. The van der Waals surface area contributed by atoms with Gasteiger partial charge in [0.15, 0.2) is 11.6 Å². The number of anilines is 2. The molecule has 1 aliphatic heterocycles. The Hall–Kier alpha value is -2.79. The van der Waals surface area contributed by atoms with Gasteiger partial charge in [-0.15, -0.1) is 0 Å². The molecule has 34 heavy (non-hydrogen) atoms. The van der Waals surface area contributed by atoms with Gasteiger partial charge in [-0.05, 0) is 68.6 Å². The van der Waals surface area contributed by atoms with Crippen LogP contribution in [0.1, 0.15) is 51.0 Å². The minimum atomic E-state index is -0.496. The van der Waals surface area contributed by atoms with Crippen molar-refractivity contribution in [2.24, 2.45) is 0 Å². The zero-order valence-electron chi connectivity index (χ0n) is 19.5. The number of aryl methyl sites for hydroxylation is 1. The second-order valence-electron chi connectivity index (χ2n) is 9.01. The second kappa shape index (κ2) is 10.2. The predicted octanol–water partition coefficient (Wildman–Crippen LogP) is 6.05. The zero-order chi connectivity index (χ0) is 24.3. The Morgan fingerprint density at radius 3 is 2.71 bits per heavy atom. The van der Waals surface area contributed by atoms with Crippen molar-refractivity contribution in [3.8, 4) is 11.5 Å². The minimum absolute atomic E-state index is 0.192. The first kappa shape index (κ1) is 24.3. The fourth-order valence-electron chi connectivity index (χ4n) is 3.49. The molecule has 1 aliphatic rings. The largest absolute Gasteiger partial charge is 0.452 e. The van der Waals surface area contributed by atoms with Crippen molar-refractivity contribution < 1.29 is 14.3 Å². The molecule has 0 radical (unpaired) electrons. The van der Waals surface area contributed by atoms with Crippen LogP contribution < -0.4 is 10.1 Å². The molecule has 3 aromatic heterocycles. The van der Waals surface area contributed by atoms with E-state index in [0.717, 1.165) is 28.8 Å². The van der Waals surface area contributed by atoms with Crippen LogP contribution in [0, 0.1) is 6.92 Å². The van der Waals surface area contributed by atoms with E-state index in [9.17, 15) is 4.79 Å². The van der Waals surface area contributed by atoms with Gasteiger partial charge in [0.25, 0.3) is 0 Å². The fourth-order valence-corrected chi connectivity index (χ4v) is 4.44. The molecule has 1 N–H and O–H groups in total. The van der Waals surface area contributed by atoms with Gasteiger partial charge in [-0.3, -0.25) is 4.98 Å². The Morgan fingerprint density at radius 1 is 1.24 bits per heavy atom. The van der Waals surface area contributed by atoms with E-state index >= 15 is 0 Å². The number of nitrogens with one attached hydrogen (secondary N) is 1. The lowest BCUT2D eigenvalue weighted by Gasteiger charge is -2.32. The smallest absolute Gasteiger partial charge is 0.410 e. The van der Waals surface area contributed by atoms with Crippen LogP contribution in [0.5, 0.6) is 11.5 Å². The Bertz CT molecular complexity index is 1160. The fraction of sp³-hybridized carbons (Fsp3) is 0.435. The molecule has 0 saturated carbocycles. The number of likely N-dealkylation sites (tertiary alicyclic amines) is 1. The molecule has 11 heteroatoms. The second-order valence-corrected chi connectivity index (χ2v) is 10.7. The Labute approximate surface area is 211 Å². The van der Waals surface area contributed by atoms with E-state index in [1.54, 1.807) is 17.3 Å². The minimum Gasteiger partial charge on any atom is -0.452 e. The lowest BCUT2D eigenvalue weighted by molar-refractivity contribution is 0.0203. The number of carbonyl (C=O) groups excluding carboxylic acids is 1. The summed E-state index contributed by atoms with van der Waals surface area (Å²) in [6.07, 6.45) is 4.74. The van der Waals surface area contributed by atoms with Crippen molar-refractivity contribution in [2.75, 3.05) is 18.4 Å². The molecule has 1 amide bonds. The topological polar surface area (TPSA) is 102 Å². The summed E-state index contributed by atoms with van der Waals surface area (Å²) in [5.41, 5.74) is 0.286. The van der Waals surface area contributed by atoms with Gasteiger partial charge in [0.2, 0.25) is 5.13 Å². The highest BCUT2D eigenvalue weighted by Crippen LogP contribution is 2.35. The summed E-state index contributed by atoms with van der Waals surface area (Å²) >= 11 is 4.73. The normalized spacial score (nSPS) is 14.7. The first-order chi connectivity index (χ1) is 16.2. The summed E-state index contributed by atoms with van der Waals surface area (Å²) in [7, 11) is 0. The van der Waals surface area contributed by atoms with Gasteiger partial charge in [0, 0.05) is 53.5 Å². The van der Waals surface area contributed by atoms with Gasteiger partial charge in [-0.1, -0.05) is 0 Å². The van der Waals surface area contributed by atoms with E-state index in [2.05, 4.69) is 40.6 Å². The van der Waals surface area contributed by atoms with E-state index < -0.39 is 5.60 Å². The number of ether oxygens (including phenoxy) is 2. The number of piperidine rings is 1. The van der Waals surface area contributed by atoms with Gasteiger partial charge in [-0.25, -0.2) is 14.8 Å². The Morgan fingerprint density at radius 2 is 2.00 bits per heavy atom. The summed E-state index contributed by atoms with van der Waals surface area (Å²) in [6, 6.07) is 5.53. The van der Waals surface area contributed by atoms with Crippen LogP contribution in [0.4, 0.5) is 15.7 Å². The van der Waals surface area contributed by atoms with Crippen molar-refractivity contribution in [2.45, 2.75) is 52.1 Å². The van der Waals surface area contributed by atoms with E-state index in [0.29, 0.717) is 35.5 Å². The van der Waals surface area contributed by atoms with Gasteiger partial charge >= 0.3 is 6.09 Å². The third-order valence-corrected chi connectivity index (χ3v) is 6.25. The van der Waals surface area contributed by atoms with E-state index in [4.69, 9.17) is 9.47 Å². The zero-order valence-corrected chi connectivity index (χ0v) is 21.9. The first-order valence-corrected chi connectivity index (χ1v) is 12.6. The van der Waals surface area contributed by atoms with Gasteiger partial charge in [-0.2, -0.15) is 4.37 Å². The number of amides is 1. The van der Waals surface area contributed by atoms with Crippen LogP contribution >= 0.6 is 27.5 Å². The van der Waals surface area contributed by atoms with Crippen LogP contribution in [-0.2, 0) is 4.74 Å². The molecule has 4 rings (SSSR count). The van der Waals surface area contributed by atoms with Gasteiger partial charge in [0.1, 0.15) is 17.2 Å². The highest BCUT2D eigenvalue weighted by Gasteiger charge is 2.29. The molecule has 1 fully saturated rings. The molecule has 0 unspecified atom stereocenters. The Kier molecular flexibility index (Phi) is 7.32. The molecule has 0 aliphatic carbocycles. The SMILES string of the molecule is Cc1ncccc1Oc1cc(Br)cnc1Nc1nc(C2CCN(C(=O)OC(C)(C)C)CC2)ns1. The molecule has 4 heterocycles. The van der Waals surface area contributed by atoms with Crippen molar-refractivity contribution >= 4 is 44.5 Å². The average molecular weight is 547 g/mol. The third kappa shape index (κ3) is 6.20. The molecule has 0 bridgehead atoms. The lowest BCUT2D eigenvalue weighted by Crippen LogP contribution is -2.41. The summed E-state index contributed by atoms with van der Waals surface area (Å²) in [5.74, 6) is 2.71. The van der Waals surface area contributed by atoms with Gasteiger partial charge in [0.05, 0.1) is 5.69 Å². The monoisotopic (exact) mass is 546 g/mol. The number of rotatable bonds is 5. The van der Waals surface area contributed by atoms with E-state index in [-0.39, 0.29) is 12.0 Å². The summed E-state index contributed by atoms with van der Waals surface area (Å²) in [6.45, 7) is 8.76. The maximum absolute atomic E-state index is 12.3. The van der Waals surface area contributed by atoms with Crippen molar-refractivity contribution in [1.29, 1.82) is 0 Å². The van der Waals surface area contributed by atoms with Crippen LogP contribution in [0.25, 0.3) is 0 Å². The summed E-state index contributed by atoms with van der Waals surface area (Å²) in [5, 5.41) is 3.87. The Balaban J connectivity index is 1.41. The number of nitrogens with zero attached hydrogens (tertiary/aromatic N) is 5. The molecule has 0 spiro atoms. The molecule has 1 saturated heterocycles. The van der Waals surface area contributed by atoms with Crippen LogP contribution in [0.2, 0.25) is 0 Å². The molecule has 0 aromatic carbocycles. The average Bonchev–Trinajstić information content (AvgIpc) is 3.25. The van der Waals surface area contributed by atoms with E-state index in [1.165, 1.54) is 11.5 Å². The molecular formula is C23H27BrN6O3S. The standard InChI is InChI=1S/C23H27BrN6O3S/c1-14-17(6-5-9-25-14)32-18-12-16(24)13-26-20(18)28-21-27-19(29-34-21)15-7-10-30(11-8-15)22(31)33-23(2,3)4/h5-6,9,12-13,15H,7-8,10-11H2,1-4H3,(H,26,27,28,29). The quantitative estimate of drug-likeness (QED) is 0.412. The molecule has 180 valence electrons. The van der Waals surface area contributed by atoms with Crippen LogP contribution in [-0.4, -0.2) is 49.0 Å². The molecule has 3 aromatic rings. The first-order valence-electron chi connectivity index (χ1n) is 11.0. The maximum atomic E-state index is 12.3. The van der Waals surface area contributed by atoms with Crippen molar-refractivity contribution in [1.82, 2.24) is 24.2 Å². The van der Waals surface area contributed by atoms with Gasteiger partial charge < -0.3 is 19.7 Å². The highest BCUT2D eigenvalue weighted by atomic mass is 79.9. The van der Waals surface area contributed by atoms with E-state index in [1.807, 2.05) is 45.9 Å². The summed E-state index contributed by atoms with van der Waals surface area (Å²) < 4.78 is 16.9. The number of halogens is 1. The lowest BCUT2D eigenvalue weighted by atomic mass is 9.96. The van der Waals surface area contributed by atoms with Crippen molar-refractivity contribution in [3.05, 3.63) is 46.6 Å². The highest BCUT2D eigenvalue weighted by molar-refractivity contribution is 9.10. The number of aromatic nitrogens is 4. The predicted molar refractivity (Wildman–Crippen MR) is 134 cm³/mol. The molecule has 9 nitrogen and oxygen atoms in total. The van der Waals surface area contributed by atoms with Crippen molar-refractivity contribution in [3.63, 3.8) is 0 Å². The summed E-state index contributed by atoms with van der Waals surface area (Å²) in [4.78, 5) is 27.5. The molecular weight excluding hydrogens is 520 g/mol. The van der Waals surface area contributed by atoms with Crippen LogP contribution in [0.3, 0.4) is 0 Å². The number of hydrogen-bond acceptors (Lipinski definition) is 9.